The van der Waals surface area contributed by atoms with Gasteiger partial charge in [0.15, 0.2) is 5.82 Å². The van der Waals surface area contributed by atoms with Crippen molar-refractivity contribution < 1.29 is 0 Å². The van der Waals surface area contributed by atoms with Crippen molar-refractivity contribution in [2.45, 2.75) is 38.6 Å². The monoisotopic (exact) mass is 383 g/mol. The summed E-state index contributed by atoms with van der Waals surface area (Å²) >= 11 is 0. The summed E-state index contributed by atoms with van der Waals surface area (Å²) in [6.07, 6.45) is 14.7. The second-order valence-corrected chi connectivity index (χ2v) is 7.77. The number of anilines is 1. The molecule has 1 saturated carbocycles. The van der Waals surface area contributed by atoms with Crippen LogP contribution in [0.4, 0.5) is 5.69 Å². The number of allylic oxidation sites excluding steroid dienone is 3. The zero-order valence-electron chi connectivity index (χ0n) is 16.7. The Morgan fingerprint density at radius 2 is 1.90 bits per heavy atom. The number of aromatic nitrogens is 4. The number of benzene rings is 1. The Labute approximate surface area is 171 Å². The van der Waals surface area contributed by atoms with Crippen LogP contribution in [-0.4, -0.2) is 26.3 Å². The second-order valence-electron chi connectivity index (χ2n) is 7.77. The maximum Gasteiger partial charge on any atom is 0.164 e. The highest BCUT2D eigenvalue weighted by Gasteiger charge is 2.27. The van der Waals surface area contributed by atoms with Crippen LogP contribution in [0.2, 0.25) is 0 Å². The van der Waals surface area contributed by atoms with Gasteiger partial charge in [-0.25, -0.2) is 0 Å². The van der Waals surface area contributed by atoms with Crippen molar-refractivity contribution in [2.24, 2.45) is 0 Å². The number of pyridine rings is 1. The van der Waals surface area contributed by atoms with Crippen LogP contribution in [0, 0.1) is 0 Å². The van der Waals surface area contributed by atoms with E-state index in [1.807, 2.05) is 18.7 Å². The Bertz CT molecular complexity index is 1060. The maximum absolute atomic E-state index is 4.41. The van der Waals surface area contributed by atoms with Crippen molar-refractivity contribution in [3.63, 3.8) is 0 Å². The average molecular weight is 383 g/mol. The molecule has 0 spiro atoms. The van der Waals surface area contributed by atoms with Gasteiger partial charge in [-0.1, -0.05) is 31.6 Å². The zero-order valence-corrected chi connectivity index (χ0v) is 16.7. The van der Waals surface area contributed by atoms with Gasteiger partial charge >= 0.3 is 0 Å². The van der Waals surface area contributed by atoms with Crippen molar-refractivity contribution in [1.29, 1.82) is 0 Å². The third kappa shape index (κ3) is 3.60. The van der Waals surface area contributed by atoms with E-state index >= 15 is 0 Å². The van der Waals surface area contributed by atoms with Crippen molar-refractivity contribution in [1.82, 2.24) is 19.7 Å². The quantitative estimate of drug-likeness (QED) is 0.582. The normalized spacial score (nSPS) is 16.5. The van der Waals surface area contributed by atoms with Gasteiger partial charge in [-0.2, -0.15) is 0 Å². The summed E-state index contributed by atoms with van der Waals surface area (Å²) in [5, 5.41) is 8.58. The van der Waals surface area contributed by atoms with Crippen molar-refractivity contribution in [3.8, 4) is 11.4 Å². The molecule has 0 atom stereocenters. The molecule has 2 aromatic heterocycles. The Morgan fingerprint density at radius 1 is 1.03 bits per heavy atom. The zero-order chi connectivity index (χ0) is 19.6. The summed E-state index contributed by atoms with van der Waals surface area (Å²) in [5.41, 5.74) is 6.21. The predicted octanol–water partition coefficient (Wildman–Crippen LogP) is 5.26. The van der Waals surface area contributed by atoms with Gasteiger partial charge in [0, 0.05) is 41.9 Å². The van der Waals surface area contributed by atoms with Gasteiger partial charge in [0.2, 0.25) is 0 Å². The highest BCUT2D eigenvalue weighted by molar-refractivity contribution is 5.76. The van der Waals surface area contributed by atoms with Gasteiger partial charge in [-0.05, 0) is 60.7 Å². The fourth-order valence-corrected chi connectivity index (χ4v) is 3.98. The molecule has 0 unspecified atom stereocenters. The molecule has 3 heterocycles. The summed E-state index contributed by atoms with van der Waals surface area (Å²) in [6, 6.07) is 13.4. The standard InChI is InChI=1S/C24H25N5/c1-2-4-21-8-7-20(18-11-13-25-14-12-18)16-28(21)23-6-3-5-19(15-23)24-27-26-17-29(24)22-9-10-22/h3,5-8,11-15,17,22H,2,4,9-10,16H2,1H3. The molecule has 3 aromatic rings. The van der Waals surface area contributed by atoms with E-state index < -0.39 is 0 Å². The largest absolute Gasteiger partial charge is 0.341 e. The fourth-order valence-electron chi connectivity index (χ4n) is 3.98. The van der Waals surface area contributed by atoms with Gasteiger partial charge in [0.05, 0.1) is 0 Å². The molecule has 1 fully saturated rings. The van der Waals surface area contributed by atoms with Crippen LogP contribution >= 0.6 is 0 Å². The van der Waals surface area contributed by atoms with Crippen molar-refractivity contribution in [2.75, 3.05) is 11.4 Å². The second kappa shape index (κ2) is 7.66. The minimum Gasteiger partial charge on any atom is -0.341 e. The van der Waals surface area contributed by atoms with Gasteiger partial charge in [-0.15, -0.1) is 10.2 Å². The van der Waals surface area contributed by atoms with Gasteiger partial charge in [-0.3, -0.25) is 4.98 Å². The molecule has 0 bridgehead atoms. The molecule has 5 nitrogen and oxygen atoms in total. The van der Waals surface area contributed by atoms with Crippen LogP contribution < -0.4 is 4.90 Å². The number of hydrogen-bond donors (Lipinski definition) is 0. The van der Waals surface area contributed by atoms with Gasteiger partial charge in [0.25, 0.3) is 0 Å². The van der Waals surface area contributed by atoms with Crippen molar-refractivity contribution >= 4 is 11.3 Å². The number of rotatable bonds is 6. The summed E-state index contributed by atoms with van der Waals surface area (Å²) in [6.45, 7) is 3.09. The summed E-state index contributed by atoms with van der Waals surface area (Å²) in [5.74, 6) is 0.970. The summed E-state index contributed by atoms with van der Waals surface area (Å²) in [4.78, 5) is 6.59. The Balaban J connectivity index is 1.49. The first kappa shape index (κ1) is 17.9. The van der Waals surface area contributed by atoms with E-state index in [1.54, 1.807) is 0 Å². The molecular weight excluding hydrogens is 358 g/mol. The molecule has 146 valence electrons. The van der Waals surface area contributed by atoms with Crippen LogP contribution in [-0.2, 0) is 0 Å². The average Bonchev–Trinajstić information content (AvgIpc) is 3.51. The fraction of sp³-hybridized carbons (Fsp3) is 0.292. The van der Waals surface area contributed by atoms with E-state index in [2.05, 4.69) is 80.1 Å². The number of nitrogens with zero attached hydrogens (tertiary/aromatic N) is 5. The predicted molar refractivity (Wildman–Crippen MR) is 116 cm³/mol. The van der Waals surface area contributed by atoms with E-state index in [9.17, 15) is 0 Å². The Hall–Kier alpha value is -3.21. The first-order chi connectivity index (χ1) is 14.3. The highest BCUT2D eigenvalue weighted by Crippen LogP contribution is 2.38. The lowest BCUT2D eigenvalue weighted by atomic mass is 10.0. The molecule has 0 N–H and O–H groups in total. The maximum atomic E-state index is 4.41. The molecule has 29 heavy (non-hydrogen) atoms. The molecule has 1 aliphatic carbocycles. The van der Waals surface area contributed by atoms with Crippen LogP contribution in [0.1, 0.15) is 44.2 Å². The van der Waals surface area contributed by atoms with E-state index in [4.69, 9.17) is 0 Å². The number of hydrogen-bond acceptors (Lipinski definition) is 4. The molecular formula is C24H25N5. The lowest BCUT2D eigenvalue weighted by Crippen LogP contribution is -2.27. The summed E-state index contributed by atoms with van der Waals surface area (Å²) in [7, 11) is 0. The van der Waals surface area contributed by atoms with E-state index in [0.29, 0.717) is 6.04 Å². The Morgan fingerprint density at radius 3 is 2.69 bits per heavy atom. The van der Waals surface area contributed by atoms with Gasteiger partial charge < -0.3 is 9.47 Å². The van der Waals surface area contributed by atoms with E-state index in [1.165, 1.54) is 35.4 Å². The van der Waals surface area contributed by atoms with E-state index in [-0.39, 0.29) is 0 Å². The lowest BCUT2D eigenvalue weighted by Gasteiger charge is -2.32. The third-order valence-corrected chi connectivity index (χ3v) is 5.64. The lowest BCUT2D eigenvalue weighted by molar-refractivity contribution is 0.746. The molecule has 0 radical (unpaired) electrons. The first-order valence-corrected chi connectivity index (χ1v) is 10.4. The molecule has 5 heteroatoms. The molecule has 5 rings (SSSR count). The van der Waals surface area contributed by atoms with Crippen LogP contribution in [0.3, 0.4) is 0 Å². The first-order valence-electron chi connectivity index (χ1n) is 10.4. The van der Waals surface area contributed by atoms with E-state index in [0.717, 1.165) is 30.8 Å². The molecule has 1 aromatic carbocycles. The van der Waals surface area contributed by atoms with Crippen LogP contribution in [0.15, 0.2) is 73.0 Å². The third-order valence-electron chi connectivity index (χ3n) is 5.64. The minimum atomic E-state index is 0.565. The van der Waals surface area contributed by atoms with Crippen molar-refractivity contribution in [3.05, 3.63) is 78.5 Å². The smallest absolute Gasteiger partial charge is 0.164 e. The molecule has 1 aliphatic heterocycles. The molecule has 0 saturated heterocycles. The van der Waals surface area contributed by atoms with Gasteiger partial charge in [0.1, 0.15) is 6.33 Å². The topological polar surface area (TPSA) is 46.8 Å². The SMILES string of the molecule is CCCC1=CC=C(c2ccncc2)CN1c1cccc(-c2nncn2C2CC2)c1. The minimum absolute atomic E-state index is 0.565. The molecule has 0 amide bonds. The highest BCUT2D eigenvalue weighted by atomic mass is 15.3. The Kier molecular flexibility index (Phi) is 4.72. The van der Waals surface area contributed by atoms with Crippen LogP contribution in [0.25, 0.3) is 17.0 Å². The van der Waals surface area contributed by atoms with Crippen LogP contribution in [0.5, 0.6) is 0 Å². The molecule has 2 aliphatic rings. The summed E-state index contributed by atoms with van der Waals surface area (Å²) < 4.78 is 2.22.